The number of carbonyl (C=O) groups excluding carboxylic acids is 1. The number of hydrogen-bond acceptors (Lipinski definition) is 5. The molecule has 1 heterocycles. The molecule has 0 aromatic heterocycles. The number of phenolic OH excluding ortho intramolecular Hbond substituents is 1. The van der Waals surface area contributed by atoms with Gasteiger partial charge >= 0.3 is 5.97 Å². The molecule has 0 bridgehead atoms. The molecule has 1 aliphatic rings. The molecule has 0 saturated carbocycles. The highest BCUT2D eigenvalue weighted by atomic mass is 32.2. The summed E-state index contributed by atoms with van der Waals surface area (Å²) < 4.78 is 0.246. The van der Waals surface area contributed by atoms with Gasteiger partial charge in [0.2, 0.25) is 0 Å². The fourth-order valence-corrected chi connectivity index (χ4v) is 3.46. The first-order valence-electron chi connectivity index (χ1n) is 6.60. The van der Waals surface area contributed by atoms with Gasteiger partial charge in [-0.3, -0.25) is 9.69 Å². The van der Waals surface area contributed by atoms with E-state index in [0.29, 0.717) is 4.91 Å². The van der Waals surface area contributed by atoms with Crippen molar-refractivity contribution >= 4 is 46.3 Å². The summed E-state index contributed by atoms with van der Waals surface area (Å²) in [7, 11) is 0. The molecule has 1 amide bonds. The molecule has 7 heteroatoms. The second-order valence-corrected chi connectivity index (χ2v) is 6.85. The largest absolute Gasteiger partial charge is 0.508 e. The highest BCUT2D eigenvalue weighted by molar-refractivity contribution is 8.26. The monoisotopic (exact) mass is 337 g/mol. The number of aromatic hydroxyl groups is 1. The van der Waals surface area contributed by atoms with E-state index in [2.05, 4.69) is 0 Å². The highest BCUT2D eigenvalue weighted by Gasteiger charge is 2.41. The number of aliphatic carboxylic acids is 1. The third kappa shape index (κ3) is 3.31. The molecule has 1 atom stereocenters. The number of carbonyl (C=O) groups is 2. The van der Waals surface area contributed by atoms with Crippen LogP contribution in [-0.2, 0) is 9.59 Å². The molecular weight excluding hydrogens is 322 g/mol. The Morgan fingerprint density at radius 3 is 2.41 bits per heavy atom. The van der Waals surface area contributed by atoms with Gasteiger partial charge < -0.3 is 10.2 Å². The number of carboxylic acid groups (broad SMARTS) is 1. The number of phenols is 1. The molecule has 1 aliphatic heterocycles. The van der Waals surface area contributed by atoms with Crippen LogP contribution in [-0.4, -0.2) is 37.4 Å². The van der Waals surface area contributed by atoms with Crippen LogP contribution in [0.1, 0.15) is 19.4 Å². The lowest BCUT2D eigenvalue weighted by Gasteiger charge is -2.26. The topological polar surface area (TPSA) is 77.8 Å². The standard InChI is InChI=1S/C15H15NO4S2/c1-8(2)12(14(19)20)16-13(18)11(22-15(16)21)7-9-3-5-10(17)6-4-9/h3-8,12,17H,1-2H3,(H,19,20)/b11-7-/t12-/m1/s1. The van der Waals surface area contributed by atoms with Gasteiger partial charge in [-0.05, 0) is 29.7 Å². The smallest absolute Gasteiger partial charge is 0.327 e. The molecule has 2 rings (SSSR count). The molecule has 1 aromatic rings. The minimum atomic E-state index is -1.07. The van der Waals surface area contributed by atoms with Crippen molar-refractivity contribution < 1.29 is 19.8 Å². The Hall–Kier alpha value is -1.86. The average Bonchev–Trinajstić information content (AvgIpc) is 2.69. The number of thioether (sulfide) groups is 1. The Bertz CT molecular complexity index is 652. The molecule has 116 valence electrons. The van der Waals surface area contributed by atoms with Crippen LogP contribution in [0.2, 0.25) is 0 Å². The second kappa shape index (κ2) is 6.50. The van der Waals surface area contributed by atoms with E-state index in [1.165, 1.54) is 17.0 Å². The van der Waals surface area contributed by atoms with Gasteiger partial charge in [0.05, 0.1) is 4.91 Å². The summed E-state index contributed by atoms with van der Waals surface area (Å²) in [5.41, 5.74) is 0.731. The van der Waals surface area contributed by atoms with Crippen molar-refractivity contribution in [2.75, 3.05) is 0 Å². The molecule has 5 nitrogen and oxygen atoms in total. The molecular formula is C15H15NO4S2. The fraction of sp³-hybridized carbons (Fsp3) is 0.267. The number of nitrogens with zero attached hydrogens (tertiary/aromatic N) is 1. The lowest BCUT2D eigenvalue weighted by Crippen LogP contribution is -2.47. The number of amides is 1. The van der Waals surface area contributed by atoms with Gasteiger partial charge in [-0.1, -0.05) is 50.0 Å². The number of hydrogen-bond donors (Lipinski definition) is 2. The second-order valence-electron chi connectivity index (χ2n) is 5.17. The van der Waals surface area contributed by atoms with Gasteiger partial charge in [-0.2, -0.15) is 0 Å². The maximum Gasteiger partial charge on any atom is 0.327 e. The van der Waals surface area contributed by atoms with Crippen LogP contribution in [0.4, 0.5) is 0 Å². The van der Waals surface area contributed by atoms with Gasteiger partial charge in [0.15, 0.2) is 0 Å². The molecule has 22 heavy (non-hydrogen) atoms. The zero-order valence-electron chi connectivity index (χ0n) is 12.0. The number of thiocarbonyl (C=S) groups is 1. The third-order valence-corrected chi connectivity index (χ3v) is 4.51. The van der Waals surface area contributed by atoms with E-state index in [1.54, 1.807) is 32.1 Å². The predicted octanol–water partition coefficient (Wildman–Crippen LogP) is 2.70. The van der Waals surface area contributed by atoms with Crippen LogP contribution in [0, 0.1) is 5.92 Å². The minimum absolute atomic E-state index is 0.135. The summed E-state index contributed by atoms with van der Waals surface area (Å²) in [5, 5.41) is 18.6. The van der Waals surface area contributed by atoms with Crippen LogP contribution in [0.15, 0.2) is 29.2 Å². The van der Waals surface area contributed by atoms with E-state index in [9.17, 15) is 19.8 Å². The third-order valence-electron chi connectivity index (χ3n) is 3.18. The van der Waals surface area contributed by atoms with Crippen molar-refractivity contribution in [3.8, 4) is 5.75 Å². The number of benzene rings is 1. The molecule has 2 N–H and O–H groups in total. The normalized spacial score (nSPS) is 18.3. The average molecular weight is 337 g/mol. The summed E-state index contributed by atoms with van der Waals surface area (Å²) in [6.45, 7) is 3.47. The molecule has 0 aliphatic carbocycles. The van der Waals surface area contributed by atoms with E-state index in [4.69, 9.17) is 12.2 Å². The van der Waals surface area contributed by atoms with Gasteiger partial charge in [0.1, 0.15) is 16.1 Å². The van der Waals surface area contributed by atoms with Gasteiger partial charge in [0.25, 0.3) is 5.91 Å². The van der Waals surface area contributed by atoms with Crippen LogP contribution < -0.4 is 0 Å². The Kier molecular flexibility index (Phi) is 4.87. The molecule has 1 aromatic carbocycles. The molecule has 0 spiro atoms. The zero-order valence-corrected chi connectivity index (χ0v) is 13.6. The van der Waals surface area contributed by atoms with Crippen LogP contribution in [0.5, 0.6) is 5.75 Å². The molecule has 1 saturated heterocycles. The number of rotatable bonds is 4. The van der Waals surface area contributed by atoms with Crippen molar-refractivity contribution in [3.63, 3.8) is 0 Å². The van der Waals surface area contributed by atoms with Crippen molar-refractivity contribution in [3.05, 3.63) is 34.7 Å². The van der Waals surface area contributed by atoms with Gasteiger partial charge in [0, 0.05) is 0 Å². The summed E-state index contributed by atoms with van der Waals surface area (Å²) >= 11 is 6.26. The maximum absolute atomic E-state index is 12.5. The Balaban J connectivity index is 2.32. The molecule has 0 unspecified atom stereocenters. The summed E-state index contributed by atoms with van der Waals surface area (Å²) in [4.78, 5) is 25.4. The summed E-state index contributed by atoms with van der Waals surface area (Å²) in [6.07, 6.45) is 1.64. The Labute approximate surface area is 137 Å². The van der Waals surface area contributed by atoms with Gasteiger partial charge in [-0.15, -0.1) is 0 Å². The zero-order chi connectivity index (χ0) is 16.4. The van der Waals surface area contributed by atoms with E-state index in [-0.39, 0.29) is 16.0 Å². The first-order chi connectivity index (χ1) is 10.3. The minimum Gasteiger partial charge on any atom is -0.508 e. The van der Waals surface area contributed by atoms with Crippen LogP contribution in [0.3, 0.4) is 0 Å². The summed E-state index contributed by atoms with van der Waals surface area (Å²) in [5.74, 6) is -1.59. The van der Waals surface area contributed by atoms with Crippen molar-refractivity contribution in [1.29, 1.82) is 0 Å². The molecule has 1 fully saturated rings. The van der Waals surface area contributed by atoms with E-state index >= 15 is 0 Å². The van der Waals surface area contributed by atoms with Crippen molar-refractivity contribution in [1.82, 2.24) is 4.90 Å². The maximum atomic E-state index is 12.5. The number of carboxylic acids is 1. The first-order valence-corrected chi connectivity index (χ1v) is 7.82. The lowest BCUT2D eigenvalue weighted by molar-refractivity contribution is -0.146. The van der Waals surface area contributed by atoms with Crippen LogP contribution in [0.25, 0.3) is 6.08 Å². The molecule has 0 radical (unpaired) electrons. The van der Waals surface area contributed by atoms with Gasteiger partial charge in [-0.25, -0.2) is 4.79 Å². The van der Waals surface area contributed by atoms with Crippen LogP contribution >= 0.6 is 24.0 Å². The highest BCUT2D eigenvalue weighted by Crippen LogP contribution is 2.35. The van der Waals surface area contributed by atoms with Crippen molar-refractivity contribution in [2.24, 2.45) is 5.92 Å². The summed E-state index contributed by atoms with van der Waals surface area (Å²) in [6, 6.07) is 5.39. The Morgan fingerprint density at radius 1 is 1.32 bits per heavy atom. The van der Waals surface area contributed by atoms with Crippen molar-refractivity contribution in [2.45, 2.75) is 19.9 Å². The lowest BCUT2D eigenvalue weighted by atomic mass is 10.0. The SMILES string of the molecule is CC(C)[C@H](C(=O)O)N1C(=O)/C(=C/c2ccc(O)cc2)SC1=S. The van der Waals surface area contributed by atoms with E-state index in [0.717, 1.165) is 17.3 Å². The van der Waals surface area contributed by atoms with E-state index in [1.807, 2.05) is 0 Å². The first kappa shape index (κ1) is 16.5. The quantitative estimate of drug-likeness (QED) is 0.650. The van der Waals surface area contributed by atoms with E-state index < -0.39 is 17.9 Å². The fourth-order valence-electron chi connectivity index (χ4n) is 2.14. The Morgan fingerprint density at radius 2 is 1.91 bits per heavy atom. The predicted molar refractivity (Wildman–Crippen MR) is 89.4 cm³/mol.